The van der Waals surface area contributed by atoms with E-state index in [4.69, 9.17) is 5.11 Å². The minimum atomic E-state index is 0. The molecule has 0 saturated carbocycles. The number of phenols is 1. The maximum Gasteiger partial charge on any atom is 0.115 e. The Kier molecular flexibility index (Phi) is 14.5. The summed E-state index contributed by atoms with van der Waals surface area (Å²) in [5, 5.41) is 8.63. The molecule has 0 amide bonds. The Morgan fingerprint density at radius 3 is 1.30 bits per heavy atom. The Morgan fingerprint density at radius 2 is 1.15 bits per heavy atom. The summed E-state index contributed by atoms with van der Waals surface area (Å²) in [6.45, 7) is 11.2. The fraction of sp³-hybridized carbons (Fsp3) is 0.375. The normalized spacial score (nSPS) is 13.7. The number of aromatic hydroxyl groups is 1. The summed E-state index contributed by atoms with van der Waals surface area (Å²) in [5.74, 6) is 1.02. The standard InChI is InChI=1S/C10H16.C6H6O.2ClH.Hf/c1-6-7(2)9(4)10(5)8(6)3;7-6-4-2-1-3-5-6;;;/h6H,1-5H3;1-5,7H;2*1H;/p-2. The molecule has 0 aliphatic heterocycles. The van der Waals surface area contributed by atoms with Crippen molar-refractivity contribution in [2.24, 2.45) is 5.92 Å². The molecule has 0 atom stereocenters. The van der Waals surface area contributed by atoms with E-state index in [1.807, 2.05) is 6.07 Å². The van der Waals surface area contributed by atoms with Gasteiger partial charge in [0.25, 0.3) is 0 Å². The Labute approximate surface area is 154 Å². The minimum absolute atomic E-state index is 0. The van der Waals surface area contributed by atoms with Crippen LogP contribution in [0.3, 0.4) is 0 Å². The number of phenolic OH excluding ortho intramolecular Hbond substituents is 1. The molecule has 0 spiro atoms. The van der Waals surface area contributed by atoms with E-state index in [-0.39, 0.29) is 50.7 Å². The quantitative estimate of drug-likeness (QED) is 0.459. The molecule has 1 aliphatic carbocycles. The molecule has 1 nitrogen and oxygen atoms in total. The Hall–Kier alpha value is -0.0499. The zero-order valence-corrected chi connectivity index (χ0v) is 17.8. The van der Waals surface area contributed by atoms with E-state index in [0.29, 0.717) is 11.7 Å². The number of allylic oxidation sites excluding steroid dienone is 4. The van der Waals surface area contributed by atoms with Gasteiger partial charge >= 0.3 is 0 Å². The summed E-state index contributed by atoms with van der Waals surface area (Å²) in [6, 6.07) is 8.71. The van der Waals surface area contributed by atoms with E-state index in [1.54, 1.807) is 35.4 Å². The van der Waals surface area contributed by atoms with Crippen molar-refractivity contribution in [2.45, 2.75) is 34.6 Å². The Morgan fingerprint density at radius 1 is 0.800 bits per heavy atom. The fourth-order valence-electron chi connectivity index (χ4n) is 1.99. The summed E-state index contributed by atoms with van der Waals surface area (Å²) in [4.78, 5) is 0. The second-order valence-electron chi connectivity index (χ2n) is 4.67. The van der Waals surface area contributed by atoms with Crippen LogP contribution in [0.4, 0.5) is 0 Å². The summed E-state index contributed by atoms with van der Waals surface area (Å²) in [5.41, 5.74) is 6.11. The largest absolute Gasteiger partial charge is 1.00 e. The molecule has 0 saturated heterocycles. The second-order valence-corrected chi connectivity index (χ2v) is 4.67. The zero-order chi connectivity index (χ0) is 13.0. The number of rotatable bonds is 0. The monoisotopic (exact) mass is 480 g/mol. The number of hydrogen-bond acceptors (Lipinski definition) is 1. The number of hydrogen-bond donors (Lipinski definition) is 1. The van der Waals surface area contributed by atoms with Gasteiger partial charge < -0.3 is 29.9 Å². The van der Waals surface area contributed by atoms with E-state index in [1.165, 1.54) is 11.1 Å². The number of para-hydroxylation sites is 1. The van der Waals surface area contributed by atoms with Gasteiger partial charge in [0.15, 0.2) is 0 Å². The average molecular weight is 480 g/mol. The van der Waals surface area contributed by atoms with Gasteiger partial charge in [0.2, 0.25) is 0 Å². The van der Waals surface area contributed by atoms with Crippen molar-refractivity contribution < 1.29 is 55.8 Å². The summed E-state index contributed by atoms with van der Waals surface area (Å²) < 4.78 is 0. The Balaban J connectivity index is -0.000000262. The molecular weight excluding hydrogens is 458 g/mol. The first-order valence-corrected chi connectivity index (χ1v) is 6.04. The first-order valence-electron chi connectivity index (χ1n) is 6.04. The first kappa shape index (κ1) is 24.9. The maximum absolute atomic E-state index is 8.63. The topological polar surface area (TPSA) is 20.2 Å². The molecule has 1 aromatic carbocycles. The molecule has 0 radical (unpaired) electrons. The van der Waals surface area contributed by atoms with Gasteiger partial charge in [0.05, 0.1) is 0 Å². The number of benzene rings is 1. The molecule has 1 N–H and O–H groups in total. The van der Waals surface area contributed by atoms with Crippen molar-refractivity contribution in [3.8, 4) is 5.75 Å². The van der Waals surface area contributed by atoms with Crippen LogP contribution in [0.5, 0.6) is 5.75 Å². The van der Waals surface area contributed by atoms with Crippen molar-refractivity contribution >= 4 is 0 Å². The van der Waals surface area contributed by atoms with Crippen LogP contribution in [0, 0.1) is 5.92 Å². The third kappa shape index (κ3) is 6.60. The first-order chi connectivity index (χ1) is 7.95. The molecule has 0 heterocycles. The van der Waals surface area contributed by atoms with Gasteiger partial charge in [0, 0.05) is 25.8 Å². The molecule has 1 aromatic rings. The van der Waals surface area contributed by atoms with Crippen LogP contribution in [0.15, 0.2) is 52.6 Å². The van der Waals surface area contributed by atoms with Crippen LogP contribution in [-0.2, 0) is 25.8 Å². The van der Waals surface area contributed by atoms with Crippen LogP contribution >= 0.6 is 0 Å². The van der Waals surface area contributed by atoms with Crippen LogP contribution in [-0.4, -0.2) is 5.11 Å². The van der Waals surface area contributed by atoms with E-state index in [9.17, 15) is 0 Å². The van der Waals surface area contributed by atoms with E-state index in [0.717, 1.165) is 0 Å². The average Bonchev–Trinajstić information content (AvgIpc) is 2.49. The van der Waals surface area contributed by atoms with Crippen molar-refractivity contribution in [2.75, 3.05) is 0 Å². The zero-order valence-electron chi connectivity index (χ0n) is 12.7. The van der Waals surface area contributed by atoms with Crippen molar-refractivity contribution in [3.63, 3.8) is 0 Å². The third-order valence-corrected chi connectivity index (χ3v) is 3.80. The van der Waals surface area contributed by atoms with Gasteiger partial charge in [-0.2, -0.15) is 0 Å². The molecule has 112 valence electrons. The van der Waals surface area contributed by atoms with Gasteiger partial charge in [-0.15, -0.1) is 0 Å². The molecule has 0 fully saturated rings. The molecule has 2 rings (SSSR count). The Bertz CT molecular complexity index is 429. The van der Waals surface area contributed by atoms with Gasteiger partial charge in [-0.3, -0.25) is 0 Å². The predicted octanol–water partition coefficient (Wildman–Crippen LogP) is -1.29. The maximum atomic E-state index is 8.63. The second kappa shape index (κ2) is 11.6. The molecule has 0 aromatic heterocycles. The fourth-order valence-corrected chi connectivity index (χ4v) is 1.99. The van der Waals surface area contributed by atoms with Crippen LogP contribution in [0.2, 0.25) is 0 Å². The summed E-state index contributed by atoms with van der Waals surface area (Å²) in [6.07, 6.45) is 0. The van der Waals surface area contributed by atoms with Crippen LogP contribution in [0.1, 0.15) is 34.6 Å². The van der Waals surface area contributed by atoms with Crippen molar-refractivity contribution in [1.82, 2.24) is 0 Å². The smallest absolute Gasteiger partial charge is 0.115 e. The molecule has 20 heavy (non-hydrogen) atoms. The van der Waals surface area contributed by atoms with E-state index < -0.39 is 0 Å². The van der Waals surface area contributed by atoms with Crippen LogP contribution < -0.4 is 24.8 Å². The summed E-state index contributed by atoms with van der Waals surface area (Å²) in [7, 11) is 0. The van der Waals surface area contributed by atoms with Gasteiger partial charge in [0.1, 0.15) is 5.75 Å². The van der Waals surface area contributed by atoms with Gasteiger partial charge in [-0.1, -0.05) is 36.3 Å². The molecule has 1 aliphatic rings. The number of halogens is 2. The third-order valence-electron chi connectivity index (χ3n) is 3.80. The molecular formula is C16H22Cl2HfO-2. The van der Waals surface area contributed by atoms with E-state index in [2.05, 4.69) is 34.6 Å². The predicted molar refractivity (Wildman–Crippen MR) is 74.0 cm³/mol. The van der Waals surface area contributed by atoms with Crippen molar-refractivity contribution in [1.29, 1.82) is 0 Å². The van der Waals surface area contributed by atoms with Gasteiger partial charge in [-0.05, 0) is 56.9 Å². The molecule has 0 unspecified atom stereocenters. The molecule has 4 heteroatoms. The van der Waals surface area contributed by atoms with Crippen LogP contribution in [0.25, 0.3) is 0 Å². The summed E-state index contributed by atoms with van der Waals surface area (Å²) >= 11 is 0. The van der Waals surface area contributed by atoms with Crippen molar-refractivity contribution in [3.05, 3.63) is 52.6 Å². The molecule has 0 bridgehead atoms. The van der Waals surface area contributed by atoms with E-state index >= 15 is 0 Å². The minimum Gasteiger partial charge on any atom is -1.00 e. The SMILES string of the molecule is CC1=C(C)C(C)C(C)=C1C.Oc1ccccc1.[Cl-].[Cl-].[Hf]. The van der Waals surface area contributed by atoms with Gasteiger partial charge in [-0.25, -0.2) is 0 Å².